The Morgan fingerprint density at radius 3 is 2.92 bits per heavy atom. The van der Waals surface area contributed by atoms with Crippen LogP contribution in [0.4, 0.5) is 5.69 Å². The van der Waals surface area contributed by atoms with E-state index in [4.69, 9.17) is 10.5 Å². The van der Waals surface area contributed by atoms with Crippen LogP contribution in [0.15, 0.2) is 36.4 Å². The number of para-hydroxylation sites is 1. The molecule has 0 aliphatic carbocycles. The van der Waals surface area contributed by atoms with Gasteiger partial charge < -0.3 is 25.8 Å². The summed E-state index contributed by atoms with van der Waals surface area (Å²) >= 11 is 0. The van der Waals surface area contributed by atoms with Crippen LogP contribution in [0.3, 0.4) is 0 Å². The van der Waals surface area contributed by atoms with Crippen LogP contribution < -0.4 is 20.7 Å². The van der Waals surface area contributed by atoms with Gasteiger partial charge in [-0.2, -0.15) is 0 Å². The second-order valence-corrected chi connectivity index (χ2v) is 6.14. The number of hydrogen-bond acceptors (Lipinski definition) is 5. The van der Waals surface area contributed by atoms with E-state index in [1.807, 2.05) is 24.3 Å². The molecule has 0 unspecified atom stereocenters. The van der Waals surface area contributed by atoms with Crippen molar-refractivity contribution in [2.24, 2.45) is 5.73 Å². The van der Waals surface area contributed by atoms with Crippen molar-refractivity contribution in [3.8, 4) is 11.5 Å². The molecule has 0 saturated carbocycles. The molecule has 2 aromatic carbocycles. The molecule has 2 heterocycles. The molecular weight excluding hydrogens is 306 g/mol. The van der Waals surface area contributed by atoms with Crippen LogP contribution >= 0.6 is 0 Å². The van der Waals surface area contributed by atoms with Crippen molar-refractivity contribution in [2.45, 2.75) is 18.6 Å². The maximum absolute atomic E-state index is 12.6. The molecular formula is C18H19N3O3. The van der Waals surface area contributed by atoms with Gasteiger partial charge in [0.15, 0.2) is 11.5 Å². The Balaban J connectivity index is 1.82. The molecule has 0 radical (unpaired) electrons. The van der Waals surface area contributed by atoms with Gasteiger partial charge in [0.05, 0.1) is 18.4 Å². The highest BCUT2D eigenvalue weighted by Gasteiger charge is 2.37. The number of carbonyl (C=O) groups is 1. The van der Waals surface area contributed by atoms with Crippen molar-refractivity contribution in [3.05, 3.63) is 53.1 Å². The lowest BCUT2D eigenvalue weighted by atomic mass is 9.90. The van der Waals surface area contributed by atoms with Crippen LogP contribution in [-0.4, -0.2) is 24.7 Å². The predicted molar refractivity (Wildman–Crippen MR) is 90.2 cm³/mol. The van der Waals surface area contributed by atoms with Crippen molar-refractivity contribution in [1.82, 2.24) is 5.32 Å². The number of hydrogen-bond donors (Lipinski definition) is 3. The van der Waals surface area contributed by atoms with Crippen LogP contribution in [0, 0.1) is 0 Å². The summed E-state index contributed by atoms with van der Waals surface area (Å²) in [5, 5.41) is 13.1. The van der Waals surface area contributed by atoms with Crippen LogP contribution in [0.1, 0.15) is 40.1 Å². The number of carbonyl (C=O) groups excluding carboxylic acids is 1. The molecule has 2 aliphatic heterocycles. The molecule has 6 nitrogen and oxygen atoms in total. The number of rotatable bonds is 2. The standard InChI is InChI=1S/C18H19N3O3/c1-24-15-6-5-10(9-14(15)22)17-20-18(23)12-4-2-3-11-13(19)7-8-21(17)16(11)12/h2-6,9,13,17,22H,7-8,19H2,1H3,(H,20,23)/t13-,17-/m0/s1. The van der Waals surface area contributed by atoms with Crippen LogP contribution in [0.25, 0.3) is 0 Å². The number of nitrogens with one attached hydrogen (secondary N) is 1. The molecule has 0 fully saturated rings. The number of benzene rings is 2. The largest absolute Gasteiger partial charge is 0.504 e. The van der Waals surface area contributed by atoms with Crippen LogP contribution in [0.5, 0.6) is 11.5 Å². The summed E-state index contributed by atoms with van der Waals surface area (Å²) in [6.07, 6.45) is 0.473. The first-order valence-corrected chi connectivity index (χ1v) is 7.93. The zero-order chi connectivity index (χ0) is 16.8. The number of anilines is 1. The van der Waals surface area contributed by atoms with Gasteiger partial charge >= 0.3 is 0 Å². The molecule has 124 valence electrons. The number of aromatic hydroxyl groups is 1. The Morgan fingerprint density at radius 1 is 1.33 bits per heavy atom. The fourth-order valence-corrected chi connectivity index (χ4v) is 3.59. The van der Waals surface area contributed by atoms with Gasteiger partial charge in [-0.05, 0) is 35.7 Å². The van der Waals surface area contributed by atoms with Gasteiger partial charge in [-0.25, -0.2) is 0 Å². The first-order valence-electron chi connectivity index (χ1n) is 7.93. The highest BCUT2D eigenvalue weighted by molar-refractivity contribution is 6.03. The quantitative estimate of drug-likeness (QED) is 0.786. The third kappa shape index (κ3) is 2.11. The highest BCUT2D eigenvalue weighted by atomic mass is 16.5. The van der Waals surface area contributed by atoms with Gasteiger partial charge in [-0.3, -0.25) is 4.79 Å². The number of nitrogens with two attached hydrogens (primary N) is 1. The zero-order valence-electron chi connectivity index (χ0n) is 13.3. The minimum absolute atomic E-state index is 0.0528. The average Bonchev–Trinajstić information content (AvgIpc) is 2.59. The molecule has 0 bridgehead atoms. The lowest BCUT2D eigenvalue weighted by molar-refractivity contribution is 0.0925. The summed E-state index contributed by atoms with van der Waals surface area (Å²) in [5.41, 5.74) is 9.59. The maximum Gasteiger partial charge on any atom is 0.255 e. The van der Waals surface area contributed by atoms with E-state index in [-0.39, 0.29) is 23.9 Å². The topological polar surface area (TPSA) is 87.8 Å². The summed E-state index contributed by atoms with van der Waals surface area (Å²) in [6.45, 7) is 0.739. The number of methoxy groups -OCH3 is 1. The zero-order valence-corrected chi connectivity index (χ0v) is 13.3. The number of nitrogens with zero attached hydrogens (tertiary/aromatic N) is 1. The first kappa shape index (κ1) is 14.8. The molecule has 0 aromatic heterocycles. The van der Waals surface area contributed by atoms with Gasteiger partial charge in [0.25, 0.3) is 5.91 Å². The van der Waals surface area contributed by atoms with Crippen molar-refractivity contribution in [2.75, 3.05) is 18.6 Å². The van der Waals surface area contributed by atoms with Gasteiger partial charge in [0.1, 0.15) is 6.17 Å². The Labute approximate surface area is 139 Å². The fourth-order valence-electron chi connectivity index (χ4n) is 3.59. The lowest BCUT2D eigenvalue weighted by Crippen LogP contribution is -2.49. The Morgan fingerprint density at radius 2 is 2.17 bits per heavy atom. The first-order chi connectivity index (χ1) is 11.6. The van der Waals surface area contributed by atoms with E-state index >= 15 is 0 Å². The summed E-state index contributed by atoms with van der Waals surface area (Å²) in [4.78, 5) is 14.7. The normalized spacial score (nSPS) is 21.9. The summed E-state index contributed by atoms with van der Waals surface area (Å²) < 4.78 is 5.09. The monoisotopic (exact) mass is 325 g/mol. The number of phenols is 1. The molecule has 4 rings (SSSR count). The Hall–Kier alpha value is -2.73. The van der Waals surface area contributed by atoms with Crippen LogP contribution in [0.2, 0.25) is 0 Å². The third-order valence-corrected chi connectivity index (χ3v) is 4.78. The second kappa shape index (κ2) is 5.42. The van der Waals surface area contributed by atoms with Crippen molar-refractivity contribution in [1.29, 1.82) is 0 Å². The number of amides is 1. The summed E-state index contributed by atoms with van der Waals surface area (Å²) in [6, 6.07) is 10.8. The van der Waals surface area contributed by atoms with E-state index in [1.54, 1.807) is 12.1 Å². The number of ether oxygens (including phenoxy) is 1. The summed E-state index contributed by atoms with van der Waals surface area (Å²) in [7, 11) is 1.51. The van der Waals surface area contributed by atoms with Gasteiger partial charge in [-0.15, -0.1) is 0 Å². The van der Waals surface area contributed by atoms with Crippen molar-refractivity contribution >= 4 is 11.6 Å². The number of phenolic OH excluding ortho intramolecular Hbond substituents is 1. The van der Waals surface area contributed by atoms with Crippen molar-refractivity contribution in [3.63, 3.8) is 0 Å². The second-order valence-electron chi connectivity index (χ2n) is 6.14. The molecule has 2 atom stereocenters. The molecule has 6 heteroatoms. The Bertz CT molecular complexity index is 821. The van der Waals surface area contributed by atoms with E-state index < -0.39 is 0 Å². The maximum atomic E-state index is 12.6. The third-order valence-electron chi connectivity index (χ3n) is 4.78. The molecule has 0 saturated heterocycles. The SMILES string of the molecule is COc1ccc([C@H]2NC(=O)c3cccc4c3N2CC[C@@H]4N)cc1O. The molecule has 4 N–H and O–H groups in total. The van der Waals surface area contributed by atoms with E-state index in [1.165, 1.54) is 7.11 Å². The van der Waals surface area contributed by atoms with Gasteiger partial charge in [0.2, 0.25) is 0 Å². The minimum Gasteiger partial charge on any atom is -0.504 e. The molecule has 1 amide bonds. The van der Waals surface area contributed by atoms with E-state index in [2.05, 4.69) is 10.2 Å². The average molecular weight is 325 g/mol. The van der Waals surface area contributed by atoms with Gasteiger partial charge in [0, 0.05) is 12.6 Å². The van der Waals surface area contributed by atoms with E-state index in [9.17, 15) is 9.90 Å². The predicted octanol–water partition coefficient (Wildman–Crippen LogP) is 2.05. The summed E-state index contributed by atoms with van der Waals surface area (Å²) in [5.74, 6) is 0.331. The minimum atomic E-state index is -0.338. The van der Waals surface area contributed by atoms with Gasteiger partial charge in [-0.1, -0.05) is 18.2 Å². The lowest BCUT2D eigenvalue weighted by Gasteiger charge is -2.44. The van der Waals surface area contributed by atoms with Crippen molar-refractivity contribution < 1.29 is 14.6 Å². The van der Waals surface area contributed by atoms with E-state index in [0.717, 1.165) is 29.8 Å². The molecule has 2 aliphatic rings. The molecule has 2 aromatic rings. The smallest absolute Gasteiger partial charge is 0.255 e. The molecule has 24 heavy (non-hydrogen) atoms. The fraction of sp³-hybridized carbons (Fsp3) is 0.278. The van der Waals surface area contributed by atoms with Crippen LogP contribution in [-0.2, 0) is 0 Å². The Kier molecular flexibility index (Phi) is 3.35. The molecule has 0 spiro atoms. The van der Waals surface area contributed by atoms with E-state index in [0.29, 0.717) is 11.3 Å². The highest BCUT2D eigenvalue weighted by Crippen LogP contribution is 2.42.